The molecule has 158 valence electrons. The average Bonchev–Trinajstić information content (AvgIpc) is 3.18. The van der Waals surface area contributed by atoms with Gasteiger partial charge in [-0.05, 0) is 51.1 Å². The minimum atomic E-state index is -0.375. The van der Waals surface area contributed by atoms with E-state index in [0.717, 1.165) is 0 Å². The quantitative estimate of drug-likeness (QED) is 0.439. The summed E-state index contributed by atoms with van der Waals surface area (Å²) in [6.07, 6.45) is 1.34. The molecule has 31 heavy (non-hydrogen) atoms. The van der Waals surface area contributed by atoms with E-state index < -0.39 is 0 Å². The van der Waals surface area contributed by atoms with E-state index in [4.69, 9.17) is 16.1 Å². The van der Waals surface area contributed by atoms with E-state index in [0.29, 0.717) is 38.6 Å². The molecular formula is C21H19ClN6O3. The number of aromatic nitrogens is 4. The zero-order valence-corrected chi connectivity index (χ0v) is 17.7. The van der Waals surface area contributed by atoms with E-state index in [9.17, 15) is 9.59 Å². The van der Waals surface area contributed by atoms with Gasteiger partial charge in [0.25, 0.3) is 11.4 Å². The van der Waals surface area contributed by atoms with Gasteiger partial charge in [0.1, 0.15) is 0 Å². The summed E-state index contributed by atoms with van der Waals surface area (Å²) in [7, 11) is 0. The smallest absolute Gasteiger partial charge is 0.319 e. The maximum atomic E-state index is 12.1. The highest BCUT2D eigenvalue weighted by Gasteiger charge is 2.17. The Morgan fingerprint density at radius 1 is 1.16 bits per heavy atom. The minimum absolute atomic E-state index is 0.193. The number of anilines is 1. The van der Waals surface area contributed by atoms with Crippen LogP contribution in [0.25, 0.3) is 33.7 Å². The molecule has 9 nitrogen and oxygen atoms in total. The van der Waals surface area contributed by atoms with Crippen LogP contribution in [0.1, 0.15) is 20.8 Å². The third-order valence-corrected chi connectivity index (χ3v) is 4.60. The summed E-state index contributed by atoms with van der Waals surface area (Å²) in [5, 5.41) is 10.5. The molecule has 0 aliphatic heterocycles. The fourth-order valence-electron chi connectivity index (χ4n) is 2.93. The average molecular weight is 439 g/mol. The van der Waals surface area contributed by atoms with Crippen LogP contribution in [0.15, 0.2) is 52.0 Å². The zero-order valence-electron chi connectivity index (χ0n) is 17.0. The molecule has 0 spiro atoms. The van der Waals surface area contributed by atoms with Crippen molar-refractivity contribution in [3.63, 3.8) is 0 Å². The Hall–Kier alpha value is -3.72. The largest absolute Gasteiger partial charge is 0.334 e. The van der Waals surface area contributed by atoms with E-state index in [1.165, 1.54) is 6.33 Å². The first kappa shape index (κ1) is 20.5. The maximum absolute atomic E-state index is 12.1. The number of nitrogens with one attached hydrogen (secondary N) is 3. The molecule has 0 aliphatic carbocycles. The Bertz CT molecular complexity index is 1340. The Kier molecular flexibility index (Phi) is 5.20. The number of halogens is 1. The molecule has 0 aliphatic rings. The van der Waals surface area contributed by atoms with Gasteiger partial charge in [0.05, 0.1) is 27.8 Å². The molecule has 4 aromatic rings. The number of amides is 2. The summed E-state index contributed by atoms with van der Waals surface area (Å²) in [6.45, 7) is 5.66. The summed E-state index contributed by atoms with van der Waals surface area (Å²) in [6, 6.07) is 9.70. The molecule has 2 heterocycles. The van der Waals surface area contributed by atoms with Gasteiger partial charge in [-0.3, -0.25) is 4.79 Å². The molecular weight excluding hydrogens is 420 g/mol. The van der Waals surface area contributed by atoms with Crippen molar-refractivity contribution in [1.82, 2.24) is 25.4 Å². The summed E-state index contributed by atoms with van der Waals surface area (Å²) >= 11 is 6.32. The number of carbonyl (C=O) groups is 1. The van der Waals surface area contributed by atoms with Gasteiger partial charge >= 0.3 is 6.03 Å². The molecule has 10 heteroatoms. The lowest BCUT2D eigenvalue weighted by atomic mass is 10.1. The number of hydrogen-bond donors (Lipinski definition) is 3. The van der Waals surface area contributed by atoms with Gasteiger partial charge in [-0.2, -0.15) is 4.98 Å². The first-order valence-electron chi connectivity index (χ1n) is 9.40. The van der Waals surface area contributed by atoms with Crippen LogP contribution in [0.3, 0.4) is 0 Å². The van der Waals surface area contributed by atoms with Crippen LogP contribution >= 0.6 is 11.6 Å². The van der Waals surface area contributed by atoms with Gasteiger partial charge in [-0.25, -0.2) is 9.78 Å². The van der Waals surface area contributed by atoms with Crippen LogP contribution in [0, 0.1) is 0 Å². The lowest BCUT2D eigenvalue weighted by Gasteiger charge is -2.20. The number of aromatic amines is 1. The molecule has 0 saturated carbocycles. The normalized spacial score (nSPS) is 11.5. The number of H-pyrrole nitrogens is 1. The highest BCUT2D eigenvalue weighted by molar-refractivity contribution is 6.33. The van der Waals surface area contributed by atoms with Crippen molar-refractivity contribution in [1.29, 1.82) is 0 Å². The van der Waals surface area contributed by atoms with Crippen molar-refractivity contribution in [2.45, 2.75) is 26.3 Å². The second kappa shape index (κ2) is 7.84. The van der Waals surface area contributed by atoms with E-state index in [1.807, 2.05) is 20.8 Å². The van der Waals surface area contributed by atoms with E-state index >= 15 is 0 Å². The van der Waals surface area contributed by atoms with E-state index in [1.54, 1.807) is 36.4 Å². The first-order chi connectivity index (χ1) is 14.7. The number of rotatable bonds is 3. The number of urea groups is 1. The topological polar surface area (TPSA) is 126 Å². The van der Waals surface area contributed by atoms with Gasteiger partial charge in [-0.1, -0.05) is 22.8 Å². The van der Waals surface area contributed by atoms with Gasteiger partial charge in [-0.15, -0.1) is 0 Å². The minimum Gasteiger partial charge on any atom is -0.334 e. The Balaban J connectivity index is 1.63. The number of nitrogens with zero attached hydrogens (tertiary/aromatic N) is 3. The standard InChI is InChI=1S/C21H19ClN6O3/c1-21(2,3)27-20(30)25-12-5-7-15(22)14(9-12)19-26-17(28-31-19)11-4-6-13-16(8-11)23-10-24-18(13)29/h4-10H,1-3H3,(H,23,24,29)(H2,25,27,30). The second-order valence-corrected chi connectivity index (χ2v) is 8.32. The molecule has 0 atom stereocenters. The highest BCUT2D eigenvalue weighted by Crippen LogP contribution is 2.31. The fourth-order valence-corrected chi connectivity index (χ4v) is 3.13. The third-order valence-electron chi connectivity index (χ3n) is 4.27. The van der Waals surface area contributed by atoms with Crippen LogP contribution < -0.4 is 16.2 Å². The number of hydrogen-bond acceptors (Lipinski definition) is 6. The van der Waals surface area contributed by atoms with Crippen molar-refractivity contribution in [3.8, 4) is 22.8 Å². The number of fused-ring (bicyclic) bond motifs is 1. The monoisotopic (exact) mass is 438 g/mol. The molecule has 0 unspecified atom stereocenters. The van der Waals surface area contributed by atoms with Crippen LogP contribution in [0.5, 0.6) is 0 Å². The Morgan fingerprint density at radius 2 is 1.97 bits per heavy atom. The van der Waals surface area contributed by atoms with Crippen LogP contribution in [-0.2, 0) is 0 Å². The highest BCUT2D eigenvalue weighted by atomic mass is 35.5. The Morgan fingerprint density at radius 3 is 2.74 bits per heavy atom. The number of carbonyl (C=O) groups excluding carboxylic acids is 1. The molecule has 0 bridgehead atoms. The molecule has 2 amide bonds. The molecule has 3 N–H and O–H groups in total. The number of benzene rings is 2. The molecule has 0 saturated heterocycles. The predicted octanol–water partition coefficient (Wildman–Crippen LogP) is 4.21. The SMILES string of the molecule is CC(C)(C)NC(=O)Nc1ccc(Cl)c(-c2nc(-c3ccc4c(=O)[nH]cnc4c3)no2)c1. The van der Waals surface area contributed by atoms with Gasteiger partial charge in [0.15, 0.2) is 0 Å². The Labute approximate surface area is 181 Å². The lowest BCUT2D eigenvalue weighted by Crippen LogP contribution is -2.43. The molecule has 2 aromatic heterocycles. The lowest BCUT2D eigenvalue weighted by molar-refractivity contribution is 0.244. The van der Waals surface area contributed by atoms with Gasteiger partial charge in [0, 0.05) is 16.8 Å². The van der Waals surface area contributed by atoms with Gasteiger partial charge in [0.2, 0.25) is 5.82 Å². The molecule has 4 rings (SSSR count). The molecule has 0 fully saturated rings. The summed E-state index contributed by atoms with van der Waals surface area (Å²) in [5.41, 5.74) is 1.55. The third kappa shape index (κ3) is 4.56. The van der Waals surface area contributed by atoms with Crippen LogP contribution in [0.4, 0.5) is 10.5 Å². The van der Waals surface area contributed by atoms with Crippen molar-refractivity contribution in [2.75, 3.05) is 5.32 Å². The van der Waals surface area contributed by atoms with Gasteiger partial charge < -0.3 is 20.1 Å². The van der Waals surface area contributed by atoms with Crippen molar-refractivity contribution in [2.24, 2.45) is 0 Å². The summed E-state index contributed by atoms with van der Waals surface area (Å²) in [4.78, 5) is 35.1. The van der Waals surface area contributed by atoms with Crippen molar-refractivity contribution in [3.05, 3.63) is 58.1 Å². The van der Waals surface area contributed by atoms with Crippen LogP contribution in [-0.4, -0.2) is 31.7 Å². The first-order valence-corrected chi connectivity index (χ1v) is 9.78. The zero-order chi connectivity index (χ0) is 22.2. The van der Waals surface area contributed by atoms with E-state index in [2.05, 4.69) is 30.7 Å². The summed E-state index contributed by atoms with van der Waals surface area (Å²) < 4.78 is 5.40. The van der Waals surface area contributed by atoms with Crippen molar-refractivity contribution < 1.29 is 9.32 Å². The van der Waals surface area contributed by atoms with E-state index in [-0.39, 0.29) is 23.0 Å². The second-order valence-electron chi connectivity index (χ2n) is 7.91. The molecule has 0 radical (unpaired) electrons. The summed E-state index contributed by atoms with van der Waals surface area (Å²) in [5.74, 6) is 0.512. The van der Waals surface area contributed by atoms with Crippen LogP contribution in [0.2, 0.25) is 5.02 Å². The predicted molar refractivity (Wildman–Crippen MR) is 118 cm³/mol. The molecule has 2 aromatic carbocycles. The van der Waals surface area contributed by atoms with Crippen molar-refractivity contribution >= 4 is 34.2 Å². The fraction of sp³-hybridized carbons (Fsp3) is 0.190. The maximum Gasteiger partial charge on any atom is 0.319 e.